The lowest BCUT2D eigenvalue weighted by Gasteiger charge is -2.24. The van der Waals surface area contributed by atoms with Gasteiger partial charge in [0, 0.05) is 0 Å². The standard InChI is InChI=1S/C19H24N2O2S/c1-14-7-3-4-8-15(14)12-23-19(22)11-21-17-10-6-5-9-16(17)20-18(21)13-24-2/h3-6,9-10,14-15H,7-8,11-13H2,1-2H3. The number of imidazole rings is 1. The van der Waals surface area contributed by atoms with Gasteiger partial charge in [-0.1, -0.05) is 31.2 Å². The second kappa shape index (κ2) is 7.88. The quantitative estimate of drug-likeness (QED) is 0.586. The van der Waals surface area contributed by atoms with E-state index in [1.54, 1.807) is 11.8 Å². The van der Waals surface area contributed by atoms with E-state index in [2.05, 4.69) is 24.1 Å². The molecule has 1 aromatic carbocycles. The van der Waals surface area contributed by atoms with Gasteiger partial charge in [0.1, 0.15) is 12.4 Å². The van der Waals surface area contributed by atoms with E-state index in [4.69, 9.17) is 4.74 Å². The van der Waals surface area contributed by atoms with E-state index in [9.17, 15) is 4.79 Å². The minimum atomic E-state index is -0.178. The summed E-state index contributed by atoms with van der Waals surface area (Å²) in [5.41, 5.74) is 1.92. The molecule has 1 aliphatic carbocycles. The van der Waals surface area contributed by atoms with Crippen molar-refractivity contribution < 1.29 is 9.53 Å². The largest absolute Gasteiger partial charge is 0.464 e. The van der Waals surface area contributed by atoms with Crippen molar-refractivity contribution in [2.24, 2.45) is 11.8 Å². The van der Waals surface area contributed by atoms with Gasteiger partial charge < -0.3 is 9.30 Å². The maximum absolute atomic E-state index is 12.4. The molecule has 0 spiro atoms. The normalized spacial score (nSPS) is 20.4. The summed E-state index contributed by atoms with van der Waals surface area (Å²) in [4.78, 5) is 17.0. The van der Waals surface area contributed by atoms with E-state index < -0.39 is 0 Å². The van der Waals surface area contributed by atoms with Crippen molar-refractivity contribution in [1.82, 2.24) is 9.55 Å². The number of carbonyl (C=O) groups is 1. The van der Waals surface area contributed by atoms with Gasteiger partial charge in [0.2, 0.25) is 0 Å². The third kappa shape index (κ3) is 3.83. The zero-order valence-electron chi connectivity index (χ0n) is 14.3. The minimum absolute atomic E-state index is 0.178. The van der Waals surface area contributed by atoms with Crippen molar-refractivity contribution >= 4 is 28.8 Å². The molecule has 4 nitrogen and oxygen atoms in total. The second-order valence-corrected chi connectivity index (χ2v) is 7.27. The predicted octanol–water partition coefficient (Wildman–Crippen LogP) is 4.04. The molecular weight excluding hydrogens is 320 g/mol. The molecule has 2 unspecified atom stereocenters. The van der Waals surface area contributed by atoms with E-state index in [1.165, 1.54) is 0 Å². The van der Waals surface area contributed by atoms with E-state index in [0.717, 1.165) is 35.5 Å². The van der Waals surface area contributed by atoms with Crippen LogP contribution in [0, 0.1) is 11.8 Å². The van der Waals surface area contributed by atoms with Crippen LogP contribution in [-0.2, 0) is 21.8 Å². The number of hydrogen-bond donors (Lipinski definition) is 0. The Balaban J connectivity index is 1.68. The Bertz CT molecular complexity index is 738. The number of hydrogen-bond acceptors (Lipinski definition) is 4. The molecule has 0 aliphatic heterocycles. The molecule has 2 atom stereocenters. The van der Waals surface area contributed by atoms with Crippen LogP contribution in [0.4, 0.5) is 0 Å². The Morgan fingerprint density at radius 2 is 2.12 bits per heavy atom. The summed E-state index contributed by atoms with van der Waals surface area (Å²) >= 11 is 1.70. The molecule has 0 fully saturated rings. The van der Waals surface area contributed by atoms with Crippen LogP contribution in [0.5, 0.6) is 0 Å². The van der Waals surface area contributed by atoms with Crippen molar-refractivity contribution in [1.29, 1.82) is 0 Å². The van der Waals surface area contributed by atoms with Crippen molar-refractivity contribution in [2.75, 3.05) is 12.9 Å². The molecule has 0 radical (unpaired) electrons. The number of rotatable bonds is 6. The summed E-state index contributed by atoms with van der Waals surface area (Å²) in [6.07, 6.45) is 8.53. The van der Waals surface area contributed by atoms with Crippen LogP contribution in [0.25, 0.3) is 11.0 Å². The zero-order valence-corrected chi connectivity index (χ0v) is 15.1. The molecule has 0 amide bonds. The zero-order chi connectivity index (χ0) is 16.9. The highest BCUT2D eigenvalue weighted by atomic mass is 32.2. The van der Waals surface area contributed by atoms with Crippen LogP contribution in [0.2, 0.25) is 0 Å². The number of para-hydroxylation sites is 2. The molecule has 5 heteroatoms. The molecule has 3 rings (SSSR count). The Kier molecular flexibility index (Phi) is 5.61. The van der Waals surface area contributed by atoms with Gasteiger partial charge in [0.15, 0.2) is 0 Å². The topological polar surface area (TPSA) is 44.1 Å². The Morgan fingerprint density at radius 1 is 1.33 bits per heavy atom. The molecule has 1 aromatic heterocycles. The van der Waals surface area contributed by atoms with Crippen molar-refractivity contribution in [3.63, 3.8) is 0 Å². The second-order valence-electron chi connectivity index (χ2n) is 6.40. The first-order valence-corrected chi connectivity index (χ1v) is 9.82. The first kappa shape index (κ1) is 17.1. The third-order valence-electron chi connectivity index (χ3n) is 4.67. The fourth-order valence-electron chi connectivity index (χ4n) is 3.15. The average molecular weight is 344 g/mol. The average Bonchev–Trinajstić information content (AvgIpc) is 2.92. The number of esters is 1. The lowest BCUT2D eigenvalue weighted by molar-refractivity contribution is -0.146. The van der Waals surface area contributed by atoms with Gasteiger partial charge in [0.25, 0.3) is 0 Å². The first-order chi connectivity index (χ1) is 11.7. The van der Waals surface area contributed by atoms with Crippen molar-refractivity contribution in [3.8, 4) is 0 Å². The summed E-state index contributed by atoms with van der Waals surface area (Å²) in [5, 5.41) is 0. The molecule has 128 valence electrons. The summed E-state index contributed by atoms with van der Waals surface area (Å²) in [5.74, 6) is 2.54. The maximum Gasteiger partial charge on any atom is 0.326 e. The van der Waals surface area contributed by atoms with Crippen LogP contribution in [0.3, 0.4) is 0 Å². The molecule has 1 aliphatic rings. The monoisotopic (exact) mass is 344 g/mol. The molecule has 0 bridgehead atoms. The van der Waals surface area contributed by atoms with Crippen molar-refractivity contribution in [3.05, 3.63) is 42.2 Å². The highest BCUT2D eigenvalue weighted by Gasteiger charge is 2.21. The lowest BCUT2D eigenvalue weighted by Crippen LogP contribution is -2.23. The summed E-state index contributed by atoms with van der Waals surface area (Å²) in [6, 6.07) is 7.94. The molecule has 1 heterocycles. The number of nitrogens with zero attached hydrogens (tertiary/aromatic N) is 2. The molecule has 0 saturated carbocycles. The van der Waals surface area contributed by atoms with Crippen LogP contribution in [0.15, 0.2) is 36.4 Å². The highest BCUT2D eigenvalue weighted by Crippen LogP contribution is 2.25. The summed E-state index contributed by atoms with van der Waals surface area (Å²) in [7, 11) is 0. The van der Waals surface area contributed by atoms with E-state index >= 15 is 0 Å². The SMILES string of the molecule is CSCc1nc2ccccc2n1CC(=O)OCC1CC=CCC1C. The van der Waals surface area contributed by atoms with Crippen LogP contribution < -0.4 is 0 Å². The van der Waals surface area contributed by atoms with Crippen molar-refractivity contribution in [2.45, 2.75) is 32.1 Å². The number of ether oxygens (including phenoxy) is 1. The fourth-order valence-corrected chi connectivity index (χ4v) is 3.63. The molecule has 0 saturated heterocycles. The Labute approximate surface area is 147 Å². The Hall–Kier alpha value is -1.75. The van der Waals surface area contributed by atoms with Gasteiger partial charge in [-0.15, -0.1) is 0 Å². The van der Waals surface area contributed by atoms with Crippen LogP contribution in [0.1, 0.15) is 25.6 Å². The van der Waals surface area contributed by atoms with E-state index in [0.29, 0.717) is 18.4 Å². The number of allylic oxidation sites excluding steroid dienone is 2. The number of thioether (sulfide) groups is 1. The third-order valence-corrected chi connectivity index (χ3v) is 5.22. The minimum Gasteiger partial charge on any atom is -0.464 e. The first-order valence-electron chi connectivity index (χ1n) is 8.42. The highest BCUT2D eigenvalue weighted by molar-refractivity contribution is 7.97. The van der Waals surface area contributed by atoms with Gasteiger partial charge >= 0.3 is 5.97 Å². The number of fused-ring (bicyclic) bond motifs is 1. The lowest BCUT2D eigenvalue weighted by atomic mass is 9.85. The van der Waals surface area contributed by atoms with Gasteiger partial charge in [-0.2, -0.15) is 11.8 Å². The smallest absolute Gasteiger partial charge is 0.326 e. The van der Waals surface area contributed by atoms with Gasteiger partial charge in [-0.25, -0.2) is 4.98 Å². The summed E-state index contributed by atoms with van der Waals surface area (Å²) in [6.45, 7) is 2.96. The number of carbonyl (C=O) groups excluding carboxylic acids is 1. The molecule has 24 heavy (non-hydrogen) atoms. The molecular formula is C19H24N2O2S. The van der Waals surface area contributed by atoms with Gasteiger partial charge in [0.05, 0.1) is 23.4 Å². The predicted molar refractivity (Wildman–Crippen MR) is 98.9 cm³/mol. The maximum atomic E-state index is 12.4. The van der Waals surface area contributed by atoms with Crippen LogP contribution >= 0.6 is 11.8 Å². The molecule has 2 aromatic rings. The molecule has 0 N–H and O–H groups in total. The Morgan fingerprint density at radius 3 is 2.92 bits per heavy atom. The fraction of sp³-hybridized carbons (Fsp3) is 0.474. The van der Waals surface area contributed by atoms with Gasteiger partial charge in [-0.05, 0) is 43.1 Å². The number of benzene rings is 1. The van der Waals surface area contributed by atoms with Gasteiger partial charge in [-0.3, -0.25) is 4.79 Å². The number of aromatic nitrogens is 2. The van der Waals surface area contributed by atoms with Crippen LogP contribution in [-0.4, -0.2) is 28.4 Å². The van der Waals surface area contributed by atoms with E-state index in [-0.39, 0.29) is 12.5 Å². The van der Waals surface area contributed by atoms with E-state index in [1.807, 2.05) is 35.1 Å². The summed E-state index contributed by atoms with van der Waals surface area (Å²) < 4.78 is 7.56.